The second-order valence-corrected chi connectivity index (χ2v) is 13.6. The van der Waals surface area contributed by atoms with Crippen LogP contribution in [0.1, 0.15) is 23.3 Å². The summed E-state index contributed by atoms with van der Waals surface area (Å²) in [5.74, 6) is 0. The molecule has 0 fully saturated rings. The van der Waals surface area contributed by atoms with Crippen molar-refractivity contribution in [1.82, 2.24) is 0 Å². The summed E-state index contributed by atoms with van der Waals surface area (Å²) in [5, 5.41) is 4.91. The first-order valence-corrected chi connectivity index (χ1v) is 18.5. The minimum atomic E-state index is -0.881. The molecule has 272 valence electrons. The zero-order chi connectivity index (χ0) is 53.2. The van der Waals surface area contributed by atoms with Crippen LogP contribution in [0.15, 0.2) is 228 Å². The van der Waals surface area contributed by atoms with Crippen LogP contribution in [0.2, 0.25) is 0 Å². The Hall–Kier alpha value is -7.68. The standard InChI is InChI=1S/C56H37NO/c1-2-11-38(12-3-1)39-23-25-40(26-24-39)41-27-32-46(33-28-41)57(47-34-29-44(30-35-47)50-20-9-15-42-13-4-6-18-49(42)50)48-17-8-16-45(37-48)51-21-10-22-54-55(51)53-36-31-43-14-5-7-19-52(43)56(53)58-54/h1-37H/i1D,2D,3D,11D,12D,23D,24D,25D,26D,27D,28D,29D,30D,32D,33D,34D,35D. The van der Waals surface area contributed by atoms with Crippen molar-refractivity contribution in [2.45, 2.75) is 0 Å². The molecule has 2 nitrogen and oxygen atoms in total. The van der Waals surface area contributed by atoms with Gasteiger partial charge in [-0.1, -0.05) is 176 Å². The van der Waals surface area contributed by atoms with Crippen LogP contribution in [-0.2, 0) is 0 Å². The van der Waals surface area contributed by atoms with Gasteiger partial charge in [0, 0.05) is 33.2 Å². The summed E-state index contributed by atoms with van der Waals surface area (Å²) in [5.41, 5.74) is -0.523. The SMILES string of the molecule is [2H]c1c([2H])c([2H])c(-c2c([2H])c([2H])c(-c3c([2H])c([2H])c(N(c4cccc(-c5cccc6oc7c8ccccc8ccc7c56)c4)c4c([2H])c([2H])c(-c5cccc6ccccc56)c([2H])c4[2H])c([2H])c3[2H])c([2H])c2[2H])c([2H])c1[2H]. The van der Waals surface area contributed by atoms with Gasteiger partial charge in [-0.05, 0) is 109 Å². The number of hydrogen-bond acceptors (Lipinski definition) is 2. The van der Waals surface area contributed by atoms with Gasteiger partial charge in [0.25, 0.3) is 0 Å². The lowest BCUT2D eigenvalue weighted by Crippen LogP contribution is -2.10. The highest BCUT2D eigenvalue weighted by Gasteiger charge is 2.18. The summed E-state index contributed by atoms with van der Waals surface area (Å²) in [6.07, 6.45) is 0. The second kappa shape index (κ2) is 14.1. The molecular formula is C56H37NO. The lowest BCUT2D eigenvalue weighted by molar-refractivity contribution is 0.673. The highest BCUT2D eigenvalue weighted by atomic mass is 16.3. The summed E-state index contributed by atoms with van der Waals surface area (Å²) < 4.78 is 161. The molecule has 0 amide bonds. The smallest absolute Gasteiger partial charge is 0.143 e. The van der Waals surface area contributed by atoms with Crippen molar-refractivity contribution >= 4 is 60.5 Å². The molecule has 0 aliphatic carbocycles. The molecule has 10 aromatic carbocycles. The number of fused-ring (bicyclic) bond motifs is 6. The van der Waals surface area contributed by atoms with E-state index in [0.717, 1.165) is 31.8 Å². The van der Waals surface area contributed by atoms with E-state index in [-0.39, 0.29) is 11.3 Å². The zero-order valence-corrected chi connectivity index (χ0v) is 30.4. The van der Waals surface area contributed by atoms with E-state index < -0.39 is 136 Å². The lowest BCUT2D eigenvalue weighted by atomic mass is 9.97. The molecule has 0 aliphatic heterocycles. The Balaban J connectivity index is 1.17. The fourth-order valence-electron chi connectivity index (χ4n) is 7.45. The van der Waals surface area contributed by atoms with E-state index in [1.807, 2.05) is 84.9 Å². The molecule has 0 saturated carbocycles. The quantitative estimate of drug-likeness (QED) is 0.161. The molecule has 0 N–H and O–H groups in total. The van der Waals surface area contributed by atoms with Crippen LogP contribution in [0.25, 0.3) is 88.0 Å². The third-order valence-corrected chi connectivity index (χ3v) is 10.2. The monoisotopic (exact) mass is 756 g/mol. The molecule has 0 saturated heterocycles. The van der Waals surface area contributed by atoms with Crippen molar-refractivity contribution in [2.75, 3.05) is 4.90 Å². The predicted molar refractivity (Wildman–Crippen MR) is 245 cm³/mol. The number of nitrogens with zero attached hydrogens (tertiary/aromatic N) is 1. The van der Waals surface area contributed by atoms with Crippen molar-refractivity contribution in [3.05, 3.63) is 224 Å². The Morgan fingerprint density at radius 3 is 1.64 bits per heavy atom. The number of anilines is 3. The molecule has 11 aromatic rings. The van der Waals surface area contributed by atoms with Gasteiger partial charge in [-0.3, -0.25) is 0 Å². The van der Waals surface area contributed by atoms with Crippen LogP contribution >= 0.6 is 0 Å². The lowest BCUT2D eigenvalue weighted by Gasteiger charge is -2.26. The average Bonchev–Trinajstić information content (AvgIpc) is 3.82. The molecule has 0 unspecified atom stereocenters. The Morgan fingerprint density at radius 2 is 0.914 bits per heavy atom. The van der Waals surface area contributed by atoms with E-state index in [4.69, 9.17) is 16.8 Å². The summed E-state index contributed by atoms with van der Waals surface area (Å²) >= 11 is 0. The minimum absolute atomic E-state index is 0.0180. The maximum atomic E-state index is 9.70. The van der Waals surface area contributed by atoms with E-state index in [9.17, 15) is 11.0 Å². The van der Waals surface area contributed by atoms with Crippen LogP contribution in [0.3, 0.4) is 0 Å². The zero-order valence-electron chi connectivity index (χ0n) is 47.4. The van der Waals surface area contributed by atoms with E-state index >= 15 is 0 Å². The first-order chi connectivity index (χ1) is 35.8. The topological polar surface area (TPSA) is 16.4 Å². The van der Waals surface area contributed by atoms with Crippen LogP contribution in [0, 0.1) is 0 Å². The fourth-order valence-corrected chi connectivity index (χ4v) is 7.45. The number of benzene rings is 10. The molecular weight excluding hydrogens is 703 g/mol. The van der Waals surface area contributed by atoms with E-state index in [2.05, 4.69) is 0 Å². The molecule has 2 heteroatoms. The Kier molecular flexibility index (Phi) is 4.98. The van der Waals surface area contributed by atoms with Gasteiger partial charge in [0.2, 0.25) is 0 Å². The highest BCUT2D eigenvalue weighted by Crippen LogP contribution is 2.43. The summed E-state index contributed by atoms with van der Waals surface area (Å²) in [4.78, 5) is 1.14. The maximum absolute atomic E-state index is 9.70. The summed E-state index contributed by atoms with van der Waals surface area (Å²) in [6.45, 7) is 0. The molecule has 1 aromatic heterocycles. The van der Waals surface area contributed by atoms with Gasteiger partial charge in [0.05, 0.1) is 23.3 Å². The van der Waals surface area contributed by atoms with Crippen LogP contribution in [0.4, 0.5) is 17.1 Å². The number of rotatable bonds is 7. The van der Waals surface area contributed by atoms with Crippen molar-refractivity contribution in [3.63, 3.8) is 0 Å². The van der Waals surface area contributed by atoms with E-state index in [1.54, 1.807) is 36.4 Å². The molecule has 0 radical (unpaired) electrons. The molecule has 0 aliphatic rings. The van der Waals surface area contributed by atoms with Gasteiger partial charge in [0.1, 0.15) is 11.2 Å². The molecule has 58 heavy (non-hydrogen) atoms. The molecule has 0 spiro atoms. The van der Waals surface area contributed by atoms with E-state index in [1.165, 1.54) is 0 Å². The first-order valence-electron chi connectivity index (χ1n) is 27.0. The molecule has 0 atom stereocenters. The van der Waals surface area contributed by atoms with Gasteiger partial charge in [0.15, 0.2) is 0 Å². The Morgan fingerprint density at radius 1 is 0.362 bits per heavy atom. The maximum Gasteiger partial charge on any atom is 0.143 e. The molecule has 11 rings (SSSR count). The van der Waals surface area contributed by atoms with Crippen molar-refractivity contribution in [3.8, 4) is 44.5 Å². The van der Waals surface area contributed by atoms with Crippen LogP contribution < -0.4 is 4.90 Å². The average molecular weight is 757 g/mol. The van der Waals surface area contributed by atoms with Gasteiger partial charge in [-0.15, -0.1) is 0 Å². The number of hydrogen-bond donors (Lipinski definition) is 0. The van der Waals surface area contributed by atoms with Crippen molar-refractivity contribution in [1.29, 1.82) is 0 Å². The summed E-state index contributed by atoms with van der Waals surface area (Å²) in [7, 11) is 0. The third-order valence-electron chi connectivity index (χ3n) is 10.2. The third kappa shape index (κ3) is 5.91. The Bertz CT molecular complexity index is 4180. The Labute approximate surface area is 361 Å². The van der Waals surface area contributed by atoms with Crippen molar-refractivity contribution in [2.24, 2.45) is 0 Å². The molecule has 0 bridgehead atoms. The van der Waals surface area contributed by atoms with Gasteiger partial charge in [-0.25, -0.2) is 0 Å². The first kappa shape index (κ1) is 20.5. The van der Waals surface area contributed by atoms with Gasteiger partial charge in [-0.2, -0.15) is 0 Å². The van der Waals surface area contributed by atoms with Crippen LogP contribution in [-0.4, -0.2) is 0 Å². The number of furan rings is 1. The fraction of sp³-hybridized carbons (Fsp3) is 0. The molecule has 1 heterocycles. The van der Waals surface area contributed by atoms with E-state index in [0.29, 0.717) is 33.2 Å². The minimum Gasteiger partial charge on any atom is -0.455 e. The normalized spacial score (nSPS) is 15.6. The predicted octanol–water partition coefficient (Wildman–Crippen LogP) is 16.0. The van der Waals surface area contributed by atoms with Gasteiger partial charge >= 0.3 is 0 Å². The van der Waals surface area contributed by atoms with Crippen LogP contribution in [0.5, 0.6) is 0 Å². The second-order valence-electron chi connectivity index (χ2n) is 13.6. The highest BCUT2D eigenvalue weighted by molar-refractivity contribution is 6.19. The largest absolute Gasteiger partial charge is 0.455 e. The van der Waals surface area contributed by atoms with Gasteiger partial charge < -0.3 is 9.32 Å². The van der Waals surface area contributed by atoms with Crippen molar-refractivity contribution < 1.29 is 27.7 Å². The summed E-state index contributed by atoms with van der Waals surface area (Å²) in [6, 6.07) is 23.9.